The molecule has 98 valence electrons. The number of aromatic nitrogens is 1. The molecule has 0 aliphatic heterocycles. The van der Waals surface area contributed by atoms with Gasteiger partial charge in [0, 0.05) is 12.7 Å². The van der Waals surface area contributed by atoms with Crippen LogP contribution in [0.3, 0.4) is 0 Å². The van der Waals surface area contributed by atoms with Gasteiger partial charge in [0.2, 0.25) is 0 Å². The number of hydrogen-bond donors (Lipinski definition) is 1. The molecule has 1 heterocycles. The third-order valence-corrected chi connectivity index (χ3v) is 3.37. The van der Waals surface area contributed by atoms with Crippen molar-refractivity contribution in [1.29, 1.82) is 0 Å². The summed E-state index contributed by atoms with van der Waals surface area (Å²) in [6, 6.07) is 1.95. The van der Waals surface area contributed by atoms with E-state index in [4.69, 9.17) is 4.74 Å². The van der Waals surface area contributed by atoms with Gasteiger partial charge in [0.05, 0.1) is 17.1 Å². The lowest BCUT2D eigenvalue weighted by molar-refractivity contribution is -0.385. The summed E-state index contributed by atoms with van der Waals surface area (Å²) in [6.07, 6.45) is 4.70. The molecule has 6 heteroatoms. The molecule has 2 unspecified atom stereocenters. The first-order valence-electron chi connectivity index (χ1n) is 6.02. The fourth-order valence-corrected chi connectivity index (χ4v) is 2.38. The number of methoxy groups -OCH3 is 1. The number of anilines is 1. The second kappa shape index (κ2) is 5.30. The highest BCUT2D eigenvalue weighted by Gasteiger charge is 2.27. The predicted octanol–water partition coefficient (Wildman–Crippen LogP) is 2.28. The maximum Gasteiger partial charge on any atom is 0.290 e. The minimum Gasteiger partial charge on any atom is -0.379 e. The molecule has 0 aromatic carbocycles. The van der Waals surface area contributed by atoms with Gasteiger partial charge in [0.1, 0.15) is 12.0 Å². The Morgan fingerprint density at radius 2 is 2.33 bits per heavy atom. The Hall–Kier alpha value is -1.69. The van der Waals surface area contributed by atoms with Crippen LogP contribution >= 0.6 is 0 Å². The smallest absolute Gasteiger partial charge is 0.290 e. The zero-order valence-electron chi connectivity index (χ0n) is 10.5. The molecular formula is C12H17N3O3. The Balaban J connectivity index is 2.10. The average molecular weight is 251 g/mol. The molecule has 2 rings (SSSR count). The van der Waals surface area contributed by atoms with Gasteiger partial charge >= 0.3 is 0 Å². The third-order valence-electron chi connectivity index (χ3n) is 3.37. The van der Waals surface area contributed by atoms with Crippen LogP contribution in [0.15, 0.2) is 12.3 Å². The summed E-state index contributed by atoms with van der Waals surface area (Å²) in [5.74, 6) is 0.673. The molecular weight excluding hydrogens is 234 g/mol. The van der Waals surface area contributed by atoms with E-state index in [1.54, 1.807) is 20.1 Å². The van der Waals surface area contributed by atoms with E-state index in [0.29, 0.717) is 11.4 Å². The van der Waals surface area contributed by atoms with E-state index in [-0.39, 0.29) is 17.8 Å². The van der Waals surface area contributed by atoms with Crippen molar-refractivity contribution in [2.45, 2.75) is 38.3 Å². The molecule has 18 heavy (non-hydrogen) atoms. The van der Waals surface area contributed by atoms with Gasteiger partial charge in [-0.25, -0.2) is 4.98 Å². The second-order valence-corrected chi connectivity index (χ2v) is 4.57. The highest BCUT2D eigenvalue weighted by Crippen LogP contribution is 2.26. The molecule has 0 saturated heterocycles. The SMILES string of the molecule is COC1CCCC1Nc1cc(C)c([N+](=O)[O-])cn1. The number of ether oxygens (including phenoxy) is 1. The van der Waals surface area contributed by atoms with Crippen LogP contribution in [0.4, 0.5) is 11.5 Å². The zero-order chi connectivity index (χ0) is 13.1. The summed E-state index contributed by atoms with van der Waals surface area (Å²) in [4.78, 5) is 14.4. The van der Waals surface area contributed by atoms with E-state index in [9.17, 15) is 10.1 Å². The van der Waals surface area contributed by atoms with Crippen molar-refractivity contribution >= 4 is 11.5 Å². The number of aryl methyl sites for hydroxylation is 1. The molecule has 1 aromatic rings. The minimum absolute atomic E-state index is 0.0512. The summed E-state index contributed by atoms with van der Waals surface area (Å²) in [5.41, 5.74) is 0.666. The van der Waals surface area contributed by atoms with E-state index < -0.39 is 4.92 Å². The monoisotopic (exact) mass is 251 g/mol. The quantitative estimate of drug-likeness (QED) is 0.656. The normalized spacial score (nSPS) is 23.0. The number of pyridine rings is 1. The molecule has 1 aliphatic carbocycles. The zero-order valence-corrected chi connectivity index (χ0v) is 10.5. The van der Waals surface area contributed by atoms with Crippen molar-refractivity contribution < 1.29 is 9.66 Å². The minimum atomic E-state index is -0.417. The van der Waals surface area contributed by atoms with Crippen LogP contribution < -0.4 is 5.32 Å². The lowest BCUT2D eigenvalue weighted by Gasteiger charge is -2.20. The maximum absolute atomic E-state index is 10.7. The van der Waals surface area contributed by atoms with E-state index >= 15 is 0 Å². The standard InChI is InChI=1S/C12H17N3O3/c1-8-6-12(13-7-10(8)15(16)17)14-9-4-3-5-11(9)18-2/h6-7,9,11H,3-5H2,1-2H3,(H,13,14). The molecule has 6 nitrogen and oxygen atoms in total. The Morgan fingerprint density at radius 1 is 1.56 bits per heavy atom. The Kier molecular flexibility index (Phi) is 3.76. The number of nitrogens with zero attached hydrogens (tertiary/aromatic N) is 2. The van der Waals surface area contributed by atoms with E-state index in [1.165, 1.54) is 6.20 Å². The van der Waals surface area contributed by atoms with Gasteiger partial charge in [-0.05, 0) is 32.3 Å². The lowest BCUT2D eigenvalue weighted by atomic mass is 10.2. The molecule has 0 spiro atoms. The number of hydrogen-bond acceptors (Lipinski definition) is 5. The summed E-state index contributed by atoms with van der Waals surface area (Å²) in [7, 11) is 1.71. The van der Waals surface area contributed by atoms with Crippen LogP contribution in [0.1, 0.15) is 24.8 Å². The van der Waals surface area contributed by atoms with Gasteiger partial charge in [0.15, 0.2) is 0 Å². The Morgan fingerprint density at radius 3 is 2.94 bits per heavy atom. The molecule has 1 aliphatic rings. The Bertz CT molecular complexity index is 450. The molecule has 2 atom stereocenters. The number of rotatable bonds is 4. The van der Waals surface area contributed by atoms with Crippen molar-refractivity contribution in [1.82, 2.24) is 4.98 Å². The third kappa shape index (κ3) is 2.59. The number of nitro groups is 1. The van der Waals surface area contributed by atoms with Crippen molar-refractivity contribution in [3.8, 4) is 0 Å². The maximum atomic E-state index is 10.7. The molecule has 1 saturated carbocycles. The summed E-state index contributed by atoms with van der Waals surface area (Å²) in [6.45, 7) is 1.72. The van der Waals surface area contributed by atoms with Crippen LogP contribution in [0.25, 0.3) is 0 Å². The van der Waals surface area contributed by atoms with Crippen LogP contribution in [0.2, 0.25) is 0 Å². The first-order chi connectivity index (χ1) is 8.61. The van der Waals surface area contributed by atoms with Crippen LogP contribution in [-0.2, 0) is 4.74 Å². The van der Waals surface area contributed by atoms with Gasteiger partial charge in [-0.1, -0.05) is 0 Å². The molecule has 1 aromatic heterocycles. The highest BCUT2D eigenvalue weighted by atomic mass is 16.6. The van der Waals surface area contributed by atoms with Crippen LogP contribution in [0, 0.1) is 17.0 Å². The van der Waals surface area contributed by atoms with E-state index in [2.05, 4.69) is 10.3 Å². The molecule has 1 fully saturated rings. The number of nitrogens with one attached hydrogen (secondary N) is 1. The predicted molar refractivity (Wildman–Crippen MR) is 67.7 cm³/mol. The fourth-order valence-electron chi connectivity index (χ4n) is 2.38. The Labute approximate surface area is 106 Å². The van der Waals surface area contributed by atoms with Crippen molar-refractivity contribution in [3.05, 3.63) is 27.9 Å². The van der Waals surface area contributed by atoms with Gasteiger partial charge in [-0.2, -0.15) is 0 Å². The van der Waals surface area contributed by atoms with Crippen LogP contribution in [0.5, 0.6) is 0 Å². The van der Waals surface area contributed by atoms with E-state index in [0.717, 1.165) is 19.3 Å². The summed E-state index contributed by atoms with van der Waals surface area (Å²) < 4.78 is 5.39. The lowest BCUT2D eigenvalue weighted by Crippen LogP contribution is -2.30. The molecule has 0 amide bonds. The van der Waals surface area contributed by atoms with Crippen molar-refractivity contribution in [2.24, 2.45) is 0 Å². The first-order valence-corrected chi connectivity index (χ1v) is 6.02. The largest absolute Gasteiger partial charge is 0.379 e. The highest BCUT2D eigenvalue weighted by molar-refractivity contribution is 5.47. The second-order valence-electron chi connectivity index (χ2n) is 4.57. The van der Waals surface area contributed by atoms with Crippen LogP contribution in [-0.4, -0.2) is 29.2 Å². The summed E-state index contributed by atoms with van der Waals surface area (Å²) >= 11 is 0. The summed E-state index contributed by atoms with van der Waals surface area (Å²) in [5, 5.41) is 14.0. The van der Waals surface area contributed by atoms with Gasteiger partial charge in [0.25, 0.3) is 5.69 Å². The van der Waals surface area contributed by atoms with Crippen molar-refractivity contribution in [2.75, 3.05) is 12.4 Å². The first kappa shape index (κ1) is 12.8. The fraction of sp³-hybridized carbons (Fsp3) is 0.583. The van der Waals surface area contributed by atoms with E-state index in [1.807, 2.05) is 0 Å². The van der Waals surface area contributed by atoms with Gasteiger partial charge in [-0.15, -0.1) is 0 Å². The van der Waals surface area contributed by atoms with Crippen molar-refractivity contribution in [3.63, 3.8) is 0 Å². The topological polar surface area (TPSA) is 77.3 Å². The molecule has 0 radical (unpaired) electrons. The van der Waals surface area contributed by atoms with Gasteiger partial charge < -0.3 is 10.1 Å². The van der Waals surface area contributed by atoms with Gasteiger partial charge in [-0.3, -0.25) is 10.1 Å². The molecule has 1 N–H and O–H groups in total. The molecule has 0 bridgehead atoms. The average Bonchev–Trinajstić information content (AvgIpc) is 2.76.